The summed E-state index contributed by atoms with van der Waals surface area (Å²) >= 11 is 0. The number of imide groups is 1. The second-order valence-electron chi connectivity index (χ2n) is 4.81. The summed E-state index contributed by atoms with van der Waals surface area (Å²) in [5.41, 5.74) is -0.319. The van der Waals surface area contributed by atoms with Crippen LogP contribution in [0.4, 0.5) is 8.78 Å². The molecule has 2 amide bonds. The largest absolute Gasteiger partial charge is 0.497 e. The van der Waals surface area contributed by atoms with Gasteiger partial charge in [0.05, 0.1) is 12.7 Å². The first kappa shape index (κ1) is 18.1. The lowest BCUT2D eigenvalue weighted by Crippen LogP contribution is -2.34. The molecule has 0 radical (unpaired) electrons. The van der Waals surface area contributed by atoms with Gasteiger partial charge in [0.2, 0.25) is 0 Å². The number of hydrogen-bond donors (Lipinski definition) is 1. The van der Waals surface area contributed by atoms with Crippen molar-refractivity contribution >= 4 is 17.8 Å². The molecule has 0 saturated heterocycles. The van der Waals surface area contributed by atoms with E-state index in [1.54, 1.807) is 0 Å². The molecular formula is C17H13F2NO5. The summed E-state index contributed by atoms with van der Waals surface area (Å²) in [6.07, 6.45) is 0. The van der Waals surface area contributed by atoms with Gasteiger partial charge in [-0.05, 0) is 36.4 Å². The standard InChI is InChI=1S/C17H13F2NO5/c1-24-12-5-2-10(3-6-12)16(22)20-15(21)9-25-17(23)13-7-4-11(18)8-14(13)19/h2-8H,9H2,1H3,(H,20,21,22). The molecular weight excluding hydrogens is 336 g/mol. The van der Waals surface area contributed by atoms with Gasteiger partial charge in [-0.1, -0.05) is 0 Å². The number of ether oxygens (including phenoxy) is 2. The maximum absolute atomic E-state index is 13.4. The van der Waals surface area contributed by atoms with E-state index in [4.69, 9.17) is 4.74 Å². The Balaban J connectivity index is 1.89. The maximum atomic E-state index is 13.4. The topological polar surface area (TPSA) is 81.7 Å². The molecule has 130 valence electrons. The van der Waals surface area contributed by atoms with Crippen LogP contribution < -0.4 is 10.1 Å². The molecule has 6 nitrogen and oxygen atoms in total. The van der Waals surface area contributed by atoms with Crippen LogP contribution in [0.5, 0.6) is 5.75 Å². The number of halogens is 2. The van der Waals surface area contributed by atoms with Crippen LogP contribution >= 0.6 is 0 Å². The van der Waals surface area contributed by atoms with Gasteiger partial charge in [-0.25, -0.2) is 13.6 Å². The Hall–Kier alpha value is -3.29. The molecule has 0 aliphatic carbocycles. The Morgan fingerprint density at radius 2 is 1.72 bits per heavy atom. The Bertz CT molecular complexity index is 805. The fourth-order valence-corrected chi connectivity index (χ4v) is 1.84. The van der Waals surface area contributed by atoms with E-state index in [0.717, 1.165) is 12.1 Å². The average Bonchev–Trinajstić information content (AvgIpc) is 2.59. The number of amides is 2. The Labute approximate surface area is 141 Å². The highest BCUT2D eigenvalue weighted by atomic mass is 19.1. The Kier molecular flexibility index (Phi) is 5.78. The molecule has 0 aromatic heterocycles. The number of esters is 1. The molecule has 2 aromatic carbocycles. The summed E-state index contributed by atoms with van der Waals surface area (Å²) < 4.78 is 35.7. The van der Waals surface area contributed by atoms with E-state index >= 15 is 0 Å². The normalized spacial score (nSPS) is 10.0. The van der Waals surface area contributed by atoms with E-state index in [2.05, 4.69) is 4.74 Å². The zero-order valence-electron chi connectivity index (χ0n) is 13.0. The van der Waals surface area contributed by atoms with E-state index < -0.39 is 41.6 Å². The maximum Gasteiger partial charge on any atom is 0.341 e. The third-order valence-corrected chi connectivity index (χ3v) is 3.09. The van der Waals surface area contributed by atoms with Crippen LogP contribution in [0, 0.1) is 11.6 Å². The van der Waals surface area contributed by atoms with Crippen LogP contribution in [0.3, 0.4) is 0 Å². The van der Waals surface area contributed by atoms with Gasteiger partial charge >= 0.3 is 5.97 Å². The molecule has 0 saturated carbocycles. The van der Waals surface area contributed by atoms with E-state index in [9.17, 15) is 23.2 Å². The monoisotopic (exact) mass is 349 g/mol. The number of hydrogen-bond acceptors (Lipinski definition) is 5. The number of benzene rings is 2. The molecule has 2 rings (SSSR count). The number of rotatable bonds is 5. The summed E-state index contributed by atoms with van der Waals surface area (Å²) in [5.74, 6) is -4.16. The lowest BCUT2D eigenvalue weighted by atomic mass is 10.2. The van der Waals surface area contributed by atoms with Gasteiger partial charge in [-0.2, -0.15) is 0 Å². The molecule has 0 atom stereocenters. The van der Waals surface area contributed by atoms with Crippen molar-refractivity contribution in [2.24, 2.45) is 0 Å². The quantitative estimate of drug-likeness (QED) is 0.836. The summed E-state index contributed by atoms with van der Waals surface area (Å²) in [7, 11) is 1.47. The van der Waals surface area contributed by atoms with Crippen molar-refractivity contribution in [3.8, 4) is 5.75 Å². The van der Waals surface area contributed by atoms with Crippen LogP contribution in [-0.2, 0) is 9.53 Å². The number of carbonyl (C=O) groups excluding carboxylic acids is 3. The number of methoxy groups -OCH3 is 1. The van der Waals surface area contributed by atoms with Gasteiger partial charge in [0.25, 0.3) is 11.8 Å². The third kappa shape index (κ3) is 4.84. The molecule has 25 heavy (non-hydrogen) atoms. The minimum absolute atomic E-state index is 0.199. The van der Waals surface area contributed by atoms with E-state index in [-0.39, 0.29) is 5.56 Å². The summed E-state index contributed by atoms with van der Waals surface area (Å²) in [6, 6.07) is 8.26. The first-order valence-electron chi connectivity index (χ1n) is 7.01. The van der Waals surface area contributed by atoms with Gasteiger partial charge < -0.3 is 9.47 Å². The minimum Gasteiger partial charge on any atom is -0.497 e. The summed E-state index contributed by atoms with van der Waals surface area (Å²) in [6.45, 7) is -0.794. The van der Waals surface area contributed by atoms with Gasteiger partial charge in [0, 0.05) is 11.6 Å². The van der Waals surface area contributed by atoms with E-state index in [0.29, 0.717) is 11.8 Å². The lowest BCUT2D eigenvalue weighted by Gasteiger charge is -2.07. The molecule has 0 fully saturated rings. The van der Waals surface area contributed by atoms with Crippen molar-refractivity contribution in [3.63, 3.8) is 0 Å². The highest BCUT2D eigenvalue weighted by molar-refractivity contribution is 6.05. The zero-order valence-corrected chi connectivity index (χ0v) is 13.0. The van der Waals surface area contributed by atoms with E-state index in [1.165, 1.54) is 31.4 Å². The summed E-state index contributed by atoms with van der Waals surface area (Å²) in [4.78, 5) is 35.1. The predicted molar refractivity (Wildman–Crippen MR) is 82.1 cm³/mol. The van der Waals surface area contributed by atoms with Gasteiger partial charge in [0.15, 0.2) is 6.61 Å². The van der Waals surface area contributed by atoms with Gasteiger partial charge in [-0.3, -0.25) is 14.9 Å². The molecule has 0 bridgehead atoms. The molecule has 2 aromatic rings. The first-order valence-corrected chi connectivity index (χ1v) is 7.01. The Morgan fingerprint density at radius 1 is 1.04 bits per heavy atom. The third-order valence-electron chi connectivity index (χ3n) is 3.09. The molecule has 0 heterocycles. The van der Waals surface area contributed by atoms with E-state index in [1.807, 2.05) is 5.32 Å². The lowest BCUT2D eigenvalue weighted by molar-refractivity contribution is -0.123. The SMILES string of the molecule is COc1ccc(C(=O)NC(=O)COC(=O)c2ccc(F)cc2F)cc1. The Morgan fingerprint density at radius 3 is 2.32 bits per heavy atom. The molecule has 0 spiro atoms. The van der Waals surface area contributed by atoms with Gasteiger partial charge in [-0.15, -0.1) is 0 Å². The average molecular weight is 349 g/mol. The zero-order chi connectivity index (χ0) is 18.4. The molecule has 0 unspecified atom stereocenters. The van der Waals surface area contributed by atoms with Crippen molar-refractivity contribution in [3.05, 3.63) is 65.2 Å². The van der Waals surface area contributed by atoms with Crippen LogP contribution in [0.25, 0.3) is 0 Å². The fraction of sp³-hybridized carbons (Fsp3) is 0.118. The first-order chi connectivity index (χ1) is 11.9. The van der Waals surface area contributed by atoms with Crippen LogP contribution in [0.15, 0.2) is 42.5 Å². The second-order valence-corrected chi connectivity index (χ2v) is 4.81. The van der Waals surface area contributed by atoms with Gasteiger partial charge in [0.1, 0.15) is 17.4 Å². The molecule has 0 aliphatic rings. The highest BCUT2D eigenvalue weighted by Crippen LogP contribution is 2.12. The minimum atomic E-state index is -1.15. The van der Waals surface area contributed by atoms with Crippen LogP contribution in [-0.4, -0.2) is 31.5 Å². The second kappa shape index (κ2) is 8.00. The summed E-state index contributed by atoms with van der Waals surface area (Å²) in [5, 5.41) is 2.01. The number of carbonyl (C=O) groups is 3. The van der Waals surface area contributed by atoms with Crippen LogP contribution in [0.1, 0.15) is 20.7 Å². The molecule has 1 N–H and O–H groups in total. The van der Waals surface area contributed by atoms with Crippen molar-refractivity contribution in [1.29, 1.82) is 0 Å². The molecule has 8 heteroatoms. The van der Waals surface area contributed by atoms with Crippen molar-refractivity contribution in [1.82, 2.24) is 5.32 Å². The number of nitrogens with one attached hydrogen (secondary N) is 1. The van der Waals surface area contributed by atoms with Crippen molar-refractivity contribution < 1.29 is 32.6 Å². The predicted octanol–water partition coefficient (Wildman–Crippen LogP) is 2.09. The van der Waals surface area contributed by atoms with Crippen molar-refractivity contribution in [2.75, 3.05) is 13.7 Å². The molecule has 0 aliphatic heterocycles. The van der Waals surface area contributed by atoms with Crippen molar-refractivity contribution in [2.45, 2.75) is 0 Å². The fourth-order valence-electron chi connectivity index (χ4n) is 1.84. The smallest absolute Gasteiger partial charge is 0.341 e. The highest BCUT2D eigenvalue weighted by Gasteiger charge is 2.17. The van der Waals surface area contributed by atoms with Crippen LogP contribution in [0.2, 0.25) is 0 Å².